The Labute approximate surface area is 87.0 Å². The molecule has 84 valence electrons. The Morgan fingerprint density at radius 3 is 2.14 bits per heavy atom. The molecule has 0 fully saturated rings. The summed E-state index contributed by atoms with van der Waals surface area (Å²) in [6, 6.07) is 0.503. The predicted octanol–water partition coefficient (Wildman–Crippen LogP) is 0.132. The molecule has 0 radical (unpaired) electrons. The summed E-state index contributed by atoms with van der Waals surface area (Å²) in [5.74, 6) is 0.124. The van der Waals surface area contributed by atoms with Crippen LogP contribution in [-0.4, -0.2) is 55.0 Å². The molecule has 4 heteroatoms. The van der Waals surface area contributed by atoms with Crippen LogP contribution in [0.5, 0.6) is 0 Å². The molecule has 2 N–H and O–H groups in total. The van der Waals surface area contributed by atoms with Gasteiger partial charge in [-0.25, -0.2) is 0 Å². The van der Waals surface area contributed by atoms with E-state index in [1.165, 1.54) is 0 Å². The van der Waals surface area contributed by atoms with E-state index in [9.17, 15) is 4.79 Å². The number of carbonyl (C=O) groups excluding carboxylic acids is 1. The minimum absolute atomic E-state index is 0.114. The third-order valence-corrected chi connectivity index (χ3v) is 2.66. The molecule has 0 saturated heterocycles. The Balaban J connectivity index is 4.07. The van der Waals surface area contributed by atoms with Crippen molar-refractivity contribution in [3.63, 3.8) is 0 Å². The highest BCUT2D eigenvalue weighted by Gasteiger charge is 2.16. The van der Waals surface area contributed by atoms with Crippen LogP contribution in [0.4, 0.5) is 0 Å². The lowest BCUT2D eigenvalue weighted by atomic mass is 10.3. The van der Waals surface area contributed by atoms with Crippen LogP contribution in [0.1, 0.15) is 20.8 Å². The van der Waals surface area contributed by atoms with Crippen molar-refractivity contribution < 1.29 is 4.79 Å². The first-order valence-corrected chi connectivity index (χ1v) is 5.06. The van der Waals surface area contributed by atoms with E-state index in [1.807, 2.05) is 18.9 Å². The molecule has 0 spiro atoms. The minimum Gasteiger partial charge on any atom is -0.341 e. The van der Waals surface area contributed by atoms with Gasteiger partial charge in [0.05, 0.1) is 6.54 Å². The first-order valence-electron chi connectivity index (χ1n) is 5.06. The number of nitrogens with zero attached hydrogens (tertiary/aromatic N) is 2. The quantitative estimate of drug-likeness (QED) is 0.688. The molecule has 0 aliphatic carbocycles. The smallest absolute Gasteiger partial charge is 0.236 e. The Morgan fingerprint density at radius 2 is 1.79 bits per heavy atom. The van der Waals surface area contributed by atoms with Gasteiger partial charge in [-0.1, -0.05) is 0 Å². The van der Waals surface area contributed by atoms with Gasteiger partial charge in [0.25, 0.3) is 0 Å². The molecule has 1 amide bonds. The lowest BCUT2D eigenvalue weighted by Crippen LogP contribution is -2.45. The SMILES string of the molecule is CC(C)N(C)CC(=O)N(C)C(C)CN. The van der Waals surface area contributed by atoms with E-state index >= 15 is 0 Å². The van der Waals surface area contributed by atoms with E-state index in [-0.39, 0.29) is 11.9 Å². The summed E-state index contributed by atoms with van der Waals surface area (Å²) in [7, 11) is 3.75. The molecule has 0 saturated carbocycles. The highest BCUT2D eigenvalue weighted by Crippen LogP contribution is 1.98. The summed E-state index contributed by atoms with van der Waals surface area (Å²) in [6.45, 7) is 7.05. The number of hydrogen-bond donors (Lipinski definition) is 1. The van der Waals surface area contributed by atoms with Gasteiger partial charge in [-0.2, -0.15) is 0 Å². The largest absolute Gasteiger partial charge is 0.341 e. The number of hydrogen-bond acceptors (Lipinski definition) is 3. The highest BCUT2D eigenvalue weighted by atomic mass is 16.2. The Morgan fingerprint density at radius 1 is 1.29 bits per heavy atom. The lowest BCUT2D eigenvalue weighted by molar-refractivity contribution is -0.132. The van der Waals surface area contributed by atoms with Gasteiger partial charge in [-0.3, -0.25) is 9.69 Å². The number of amides is 1. The molecule has 0 rings (SSSR count). The summed E-state index contributed by atoms with van der Waals surface area (Å²) < 4.78 is 0. The van der Waals surface area contributed by atoms with Crippen LogP contribution in [0, 0.1) is 0 Å². The fraction of sp³-hybridized carbons (Fsp3) is 0.900. The van der Waals surface area contributed by atoms with Crippen molar-refractivity contribution in [2.45, 2.75) is 32.9 Å². The van der Waals surface area contributed by atoms with Crippen LogP contribution >= 0.6 is 0 Å². The van der Waals surface area contributed by atoms with Gasteiger partial charge in [-0.05, 0) is 27.8 Å². The summed E-state index contributed by atoms with van der Waals surface area (Å²) >= 11 is 0. The zero-order chi connectivity index (χ0) is 11.3. The molecular formula is C10H23N3O. The molecule has 0 bridgehead atoms. The van der Waals surface area contributed by atoms with Crippen molar-refractivity contribution in [3.8, 4) is 0 Å². The van der Waals surface area contributed by atoms with Gasteiger partial charge in [0.1, 0.15) is 0 Å². The lowest BCUT2D eigenvalue weighted by Gasteiger charge is -2.27. The van der Waals surface area contributed by atoms with Crippen molar-refractivity contribution in [1.82, 2.24) is 9.80 Å². The van der Waals surface area contributed by atoms with Gasteiger partial charge in [-0.15, -0.1) is 0 Å². The molecule has 1 atom stereocenters. The first kappa shape index (κ1) is 13.4. The molecular weight excluding hydrogens is 178 g/mol. The molecule has 1 unspecified atom stereocenters. The third-order valence-electron chi connectivity index (χ3n) is 2.66. The first-order chi connectivity index (χ1) is 6.40. The van der Waals surface area contributed by atoms with Crippen molar-refractivity contribution in [2.75, 3.05) is 27.2 Å². The Hall–Kier alpha value is -0.610. The van der Waals surface area contributed by atoms with E-state index in [4.69, 9.17) is 5.73 Å². The standard InChI is InChI=1S/C10H23N3O/c1-8(2)12(4)7-10(14)13(5)9(3)6-11/h8-9H,6-7,11H2,1-5H3. The van der Waals surface area contributed by atoms with Crippen LogP contribution in [-0.2, 0) is 4.79 Å². The number of rotatable bonds is 5. The van der Waals surface area contributed by atoms with Gasteiger partial charge in [0, 0.05) is 25.7 Å². The second-order valence-corrected chi connectivity index (χ2v) is 4.10. The maximum atomic E-state index is 11.7. The minimum atomic E-state index is 0.114. The van der Waals surface area contributed by atoms with Crippen LogP contribution in [0.2, 0.25) is 0 Å². The Kier molecular flexibility index (Phi) is 5.72. The molecule has 0 aliphatic rings. The fourth-order valence-corrected chi connectivity index (χ4v) is 0.911. The molecule has 14 heavy (non-hydrogen) atoms. The summed E-state index contributed by atoms with van der Waals surface area (Å²) in [5, 5.41) is 0. The average molecular weight is 201 g/mol. The van der Waals surface area contributed by atoms with Crippen molar-refractivity contribution >= 4 is 5.91 Å². The molecule has 0 heterocycles. The number of carbonyl (C=O) groups is 1. The van der Waals surface area contributed by atoms with Gasteiger partial charge < -0.3 is 10.6 Å². The maximum Gasteiger partial charge on any atom is 0.236 e. The fourth-order valence-electron chi connectivity index (χ4n) is 0.911. The van der Waals surface area contributed by atoms with Crippen LogP contribution in [0.25, 0.3) is 0 Å². The topological polar surface area (TPSA) is 49.6 Å². The zero-order valence-electron chi connectivity index (χ0n) is 9.95. The van der Waals surface area contributed by atoms with Gasteiger partial charge >= 0.3 is 0 Å². The van der Waals surface area contributed by atoms with Crippen LogP contribution < -0.4 is 5.73 Å². The zero-order valence-corrected chi connectivity index (χ0v) is 9.95. The van der Waals surface area contributed by atoms with Crippen LogP contribution in [0.3, 0.4) is 0 Å². The molecule has 0 aromatic heterocycles. The van der Waals surface area contributed by atoms with Crippen LogP contribution in [0.15, 0.2) is 0 Å². The maximum absolute atomic E-state index is 11.7. The van der Waals surface area contributed by atoms with Gasteiger partial charge in [0.15, 0.2) is 0 Å². The Bertz CT molecular complexity index is 182. The molecule has 0 aromatic rings. The normalized spacial score (nSPS) is 13.4. The van der Waals surface area contributed by atoms with Crippen molar-refractivity contribution in [2.24, 2.45) is 5.73 Å². The van der Waals surface area contributed by atoms with E-state index in [0.29, 0.717) is 19.1 Å². The number of nitrogens with two attached hydrogens (primary N) is 1. The molecule has 4 nitrogen and oxygen atoms in total. The monoisotopic (exact) mass is 201 g/mol. The summed E-state index contributed by atoms with van der Waals surface area (Å²) in [4.78, 5) is 15.4. The van der Waals surface area contributed by atoms with E-state index in [1.54, 1.807) is 11.9 Å². The average Bonchev–Trinajstić information content (AvgIpc) is 2.14. The number of likely N-dealkylation sites (N-methyl/N-ethyl adjacent to an activating group) is 2. The van der Waals surface area contributed by atoms with Crippen molar-refractivity contribution in [3.05, 3.63) is 0 Å². The third kappa shape index (κ3) is 4.07. The second-order valence-electron chi connectivity index (χ2n) is 4.10. The van der Waals surface area contributed by atoms with E-state index < -0.39 is 0 Å². The second kappa shape index (κ2) is 5.98. The van der Waals surface area contributed by atoms with E-state index in [0.717, 1.165) is 0 Å². The highest BCUT2D eigenvalue weighted by molar-refractivity contribution is 5.78. The summed E-state index contributed by atoms with van der Waals surface area (Å²) in [6.07, 6.45) is 0. The molecule has 0 aliphatic heterocycles. The van der Waals surface area contributed by atoms with Gasteiger partial charge in [0.2, 0.25) is 5.91 Å². The van der Waals surface area contributed by atoms with Crippen molar-refractivity contribution in [1.29, 1.82) is 0 Å². The predicted molar refractivity (Wildman–Crippen MR) is 59.1 cm³/mol. The van der Waals surface area contributed by atoms with E-state index in [2.05, 4.69) is 13.8 Å². The summed E-state index contributed by atoms with van der Waals surface area (Å²) in [5.41, 5.74) is 5.49. The molecule has 0 aromatic carbocycles.